The first-order valence-corrected chi connectivity index (χ1v) is 7.16. The lowest BCUT2D eigenvalue weighted by atomic mass is 10.1. The van der Waals surface area contributed by atoms with Gasteiger partial charge in [-0.15, -0.1) is 0 Å². The highest BCUT2D eigenvalue weighted by Gasteiger charge is 2.06. The van der Waals surface area contributed by atoms with Crippen LogP contribution in [0.4, 0.5) is 4.39 Å². The zero-order valence-corrected chi connectivity index (χ0v) is 12.3. The quantitative estimate of drug-likeness (QED) is 0.719. The van der Waals surface area contributed by atoms with Crippen LogP contribution >= 0.6 is 0 Å². The van der Waals surface area contributed by atoms with E-state index in [1.807, 2.05) is 37.4 Å². The largest absolute Gasteiger partial charge is 0.302 e. The average Bonchev–Trinajstić information content (AvgIpc) is 2.50. The number of halogens is 1. The van der Waals surface area contributed by atoms with Crippen molar-refractivity contribution in [3.8, 4) is 0 Å². The SMILES string of the molecule is CN(CCCC(=O)c1ccccc1)Cc1ccc(F)cc1. The second-order valence-electron chi connectivity index (χ2n) is 5.26. The van der Waals surface area contributed by atoms with E-state index in [9.17, 15) is 9.18 Å². The van der Waals surface area contributed by atoms with Crippen LogP contribution in [0.3, 0.4) is 0 Å². The Hall–Kier alpha value is -2.00. The van der Waals surface area contributed by atoms with Crippen molar-refractivity contribution in [1.29, 1.82) is 0 Å². The fourth-order valence-electron chi connectivity index (χ4n) is 2.26. The molecule has 0 saturated carbocycles. The van der Waals surface area contributed by atoms with Gasteiger partial charge in [0.25, 0.3) is 0 Å². The van der Waals surface area contributed by atoms with Gasteiger partial charge in [0.1, 0.15) is 5.82 Å². The van der Waals surface area contributed by atoms with Crippen LogP contribution in [-0.4, -0.2) is 24.3 Å². The van der Waals surface area contributed by atoms with Crippen LogP contribution in [0.15, 0.2) is 54.6 Å². The van der Waals surface area contributed by atoms with E-state index in [1.54, 1.807) is 12.1 Å². The highest BCUT2D eigenvalue weighted by atomic mass is 19.1. The van der Waals surface area contributed by atoms with Crippen molar-refractivity contribution in [3.05, 3.63) is 71.5 Å². The van der Waals surface area contributed by atoms with Crippen molar-refractivity contribution < 1.29 is 9.18 Å². The molecule has 0 amide bonds. The number of hydrogen-bond donors (Lipinski definition) is 0. The number of ketones is 1. The maximum Gasteiger partial charge on any atom is 0.162 e. The van der Waals surface area contributed by atoms with E-state index >= 15 is 0 Å². The Labute approximate surface area is 125 Å². The maximum absolute atomic E-state index is 12.8. The van der Waals surface area contributed by atoms with Crippen LogP contribution in [-0.2, 0) is 6.54 Å². The number of hydrogen-bond acceptors (Lipinski definition) is 2. The van der Waals surface area contributed by atoms with Gasteiger partial charge in [-0.25, -0.2) is 4.39 Å². The monoisotopic (exact) mass is 285 g/mol. The summed E-state index contributed by atoms with van der Waals surface area (Å²) >= 11 is 0. The lowest BCUT2D eigenvalue weighted by molar-refractivity contribution is 0.0976. The number of benzene rings is 2. The van der Waals surface area contributed by atoms with E-state index in [1.165, 1.54) is 12.1 Å². The van der Waals surface area contributed by atoms with Crippen LogP contribution in [0.5, 0.6) is 0 Å². The van der Waals surface area contributed by atoms with E-state index in [-0.39, 0.29) is 11.6 Å². The first kappa shape index (κ1) is 15.4. The summed E-state index contributed by atoms with van der Waals surface area (Å²) in [5.41, 5.74) is 1.85. The molecular weight excluding hydrogens is 265 g/mol. The van der Waals surface area contributed by atoms with Crippen LogP contribution < -0.4 is 0 Å². The minimum absolute atomic E-state index is 0.186. The predicted molar refractivity (Wildman–Crippen MR) is 82.7 cm³/mol. The molecule has 0 unspecified atom stereocenters. The van der Waals surface area contributed by atoms with Crippen LogP contribution in [0, 0.1) is 5.82 Å². The van der Waals surface area contributed by atoms with Crippen molar-refractivity contribution in [2.24, 2.45) is 0 Å². The molecule has 0 atom stereocenters. The van der Waals surface area contributed by atoms with Gasteiger partial charge in [0.15, 0.2) is 5.78 Å². The summed E-state index contributed by atoms with van der Waals surface area (Å²) in [4.78, 5) is 14.1. The smallest absolute Gasteiger partial charge is 0.162 e. The normalized spacial score (nSPS) is 10.8. The zero-order chi connectivity index (χ0) is 15.1. The Balaban J connectivity index is 1.73. The third-order valence-electron chi connectivity index (χ3n) is 3.41. The molecule has 0 N–H and O–H groups in total. The third-order valence-corrected chi connectivity index (χ3v) is 3.41. The molecule has 0 aliphatic carbocycles. The van der Waals surface area contributed by atoms with E-state index in [0.717, 1.165) is 30.6 Å². The second-order valence-corrected chi connectivity index (χ2v) is 5.26. The molecular formula is C18H20FNO. The molecule has 0 radical (unpaired) electrons. The van der Waals surface area contributed by atoms with Crippen molar-refractivity contribution in [3.63, 3.8) is 0 Å². The van der Waals surface area contributed by atoms with Gasteiger partial charge in [0.05, 0.1) is 0 Å². The Bertz CT molecular complexity index is 566. The van der Waals surface area contributed by atoms with Crippen LogP contribution in [0.2, 0.25) is 0 Å². The Morgan fingerprint density at radius 3 is 2.38 bits per heavy atom. The van der Waals surface area contributed by atoms with Gasteiger partial charge in [-0.2, -0.15) is 0 Å². The average molecular weight is 285 g/mol. The Morgan fingerprint density at radius 1 is 1.05 bits per heavy atom. The first-order chi connectivity index (χ1) is 10.1. The van der Waals surface area contributed by atoms with E-state index in [0.29, 0.717) is 6.42 Å². The highest BCUT2D eigenvalue weighted by Crippen LogP contribution is 2.08. The number of carbonyl (C=O) groups excluding carboxylic acids is 1. The fourth-order valence-corrected chi connectivity index (χ4v) is 2.26. The standard InChI is InChI=1S/C18H20FNO/c1-20(14-15-9-11-17(19)12-10-15)13-5-8-18(21)16-6-3-2-4-7-16/h2-4,6-7,9-12H,5,8,13-14H2,1H3. The number of nitrogens with zero attached hydrogens (tertiary/aromatic N) is 1. The topological polar surface area (TPSA) is 20.3 Å². The van der Waals surface area contributed by atoms with Gasteiger partial charge in [-0.1, -0.05) is 42.5 Å². The minimum Gasteiger partial charge on any atom is -0.302 e. The van der Waals surface area contributed by atoms with Crippen LogP contribution in [0.1, 0.15) is 28.8 Å². The van der Waals surface area contributed by atoms with Gasteiger partial charge in [0.2, 0.25) is 0 Å². The molecule has 0 saturated heterocycles. The summed E-state index contributed by atoms with van der Waals surface area (Å²) < 4.78 is 12.8. The Morgan fingerprint density at radius 2 is 1.71 bits per heavy atom. The maximum atomic E-state index is 12.8. The lowest BCUT2D eigenvalue weighted by Crippen LogP contribution is -2.19. The van der Waals surface area contributed by atoms with Gasteiger partial charge in [0, 0.05) is 18.5 Å². The summed E-state index contributed by atoms with van der Waals surface area (Å²) in [6.45, 7) is 1.61. The van der Waals surface area contributed by atoms with Gasteiger partial charge >= 0.3 is 0 Å². The van der Waals surface area contributed by atoms with Crippen molar-refractivity contribution in [2.75, 3.05) is 13.6 Å². The Kier molecular flexibility index (Phi) is 5.64. The third kappa shape index (κ3) is 5.12. The zero-order valence-electron chi connectivity index (χ0n) is 12.3. The summed E-state index contributed by atoms with van der Waals surface area (Å²) in [5.74, 6) is -0.0272. The minimum atomic E-state index is -0.213. The lowest BCUT2D eigenvalue weighted by Gasteiger charge is -2.16. The van der Waals surface area contributed by atoms with Gasteiger partial charge in [-0.05, 0) is 37.7 Å². The molecule has 110 valence electrons. The molecule has 2 rings (SSSR count). The molecule has 21 heavy (non-hydrogen) atoms. The predicted octanol–water partition coefficient (Wildman–Crippen LogP) is 3.92. The first-order valence-electron chi connectivity index (χ1n) is 7.16. The van der Waals surface area contributed by atoms with E-state index in [4.69, 9.17) is 0 Å². The number of rotatable bonds is 7. The van der Waals surface area contributed by atoms with Gasteiger partial charge < -0.3 is 4.90 Å². The molecule has 0 spiro atoms. The summed E-state index contributed by atoms with van der Waals surface area (Å²) in [5, 5.41) is 0. The molecule has 0 bridgehead atoms. The molecule has 0 aliphatic heterocycles. The molecule has 2 nitrogen and oxygen atoms in total. The molecule has 0 aromatic heterocycles. The van der Waals surface area contributed by atoms with Gasteiger partial charge in [-0.3, -0.25) is 4.79 Å². The molecule has 2 aromatic rings. The summed E-state index contributed by atoms with van der Waals surface area (Å²) in [6, 6.07) is 15.9. The van der Waals surface area contributed by atoms with Crippen molar-refractivity contribution in [2.45, 2.75) is 19.4 Å². The fraction of sp³-hybridized carbons (Fsp3) is 0.278. The molecule has 0 fully saturated rings. The van der Waals surface area contributed by atoms with Crippen molar-refractivity contribution in [1.82, 2.24) is 4.90 Å². The molecule has 0 heterocycles. The molecule has 3 heteroatoms. The highest BCUT2D eigenvalue weighted by molar-refractivity contribution is 5.95. The number of carbonyl (C=O) groups is 1. The summed E-state index contributed by atoms with van der Waals surface area (Å²) in [6.07, 6.45) is 1.38. The van der Waals surface area contributed by atoms with Crippen LogP contribution in [0.25, 0.3) is 0 Å². The summed E-state index contributed by atoms with van der Waals surface area (Å²) in [7, 11) is 2.01. The molecule has 2 aromatic carbocycles. The second kappa shape index (κ2) is 7.70. The van der Waals surface area contributed by atoms with E-state index < -0.39 is 0 Å². The van der Waals surface area contributed by atoms with Crippen molar-refractivity contribution >= 4 is 5.78 Å². The number of Topliss-reactive ketones (excluding diaryl/α,β-unsaturated/α-hetero) is 1. The van der Waals surface area contributed by atoms with E-state index in [2.05, 4.69) is 4.90 Å². The molecule has 0 aliphatic rings.